The number of fused-ring (bicyclic) bond motifs is 1. The highest BCUT2D eigenvalue weighted by molar-refractivity contribution is 6.05. The highest BCUT2D eigenvalue weighted by Crippen LogP contribution is 2.49. The summed E-state index contributed by atoms with van der Waals surface area (Å²) < 4.78 is 2.88. The van der Waals surface area contributed by atoms with E-state index in [9.17, 15) is 15.1 Å². The largest absolute Gasteiger partial charge is 0.618 e. The monoisotopic (exact) mass is 501 g/mol. The van der Waals surface area contributed by atoms with E-state index in [1.165, 1.54) is 0 Å². The van der Waals surface area contributed by atoms with Gasteiger partial charge in [0.05, 0.1) is 28.5 Å². The molecule has 2 N–H and O–H groups in total. The average Bonchev–Trinajstić information content (AvgIpc) is 3.83. The van der Waals surface area contributed by atoms with Gasteiger partial charge in [0.25, 0.3) is 5.69 Å². The van der Waals surface area contributed by atoms with Crippen LogP contribution in [0.25, 0.3) is 10.9 Å². The van der Waals surface area contributed by atoms with Crippen molar-refractivity contribution in [2.75, 3.05) is 23.3 Å². The van der Waals surface area contributed by atoms with Gasteiger partial charge in [-0.15, -0.1) is 0 Å². The molecular formula is C29H35N5O3. The summed E-state index contributed by atoms with van der Waals surface area (Å²) in [7, 11) is 0. The molecule has 1 amide bonds. The predicted octanol–water partition coefficient (Wildman–Crippen LogP) is 4.66. The number of rotatable bonds is 6. The van der Waals surface area contributed by atoms with E-state index in [-0.39, 0.29) is 23.6 Å². The van der Waals surface area contributed by atoms with E-state index in [0.29, 0.717) is 11.6 Å². The quantitative estimate of drug-likeness (QED) is 0.378. The van der Waals surface area contributed by atoms with Gasteiger partial charge in [0.15, 0.2) is 5.69 Å². The Bertz CT molecular complexity index is 1350. The van der Waals surface area contributed by atoms with Gasteiger partial charge in [-0.3, -0.25) is 9.48 Å². The zero-order valence-electron chi connectivity index (χ0n) is 21.2. The van der Waals surface area contributed by atoms with E-state index in [1.807, 2.05) is 12.1 Å². The summed E-state index contributed by atoms with van der Waals surface area (Å²) in [5.41, 5.74) is 2.95. The lowest BCUT2D eigenvalue weighted by molar-refractivity contribution is -0.616. The first-order valence-corrected chi connectivity index (χ1v) is 14.0. The second kappa shape index (κ2) is 8.72. The summed E-state index contributed by atoms with van der Waals surface area (Å²) >= 11 is 0. The number of pyridine rings is 1. The molecule has 1 aromatic carbocycles. The van der Waals surface area contributed by atoms with Crippen molar-refractivity contribution in [2.45, 2.75) is 81.8 Å². The van der Waals surface area contributed by atoms with Crippen molar-refractivity contribution >= 4 is 28.2 Å². The number of aliphatic hydroxyl groups is 1. The zero-order chi connectivity index (χ0) is 25.1. The summed E-state index contributed by atoms with van der Waals surface area (Å²) in [4.78, 5) is 15.6. The van der Waals surface area contributed by atoms with Gasteiger partial charge in [-0.1, -0.05) is 0 Å². The molecule has 0 spiro atoms. The van der Waals surface area contributed by atoms with Gasteiger partial charge in [-0.05, 0) is 88.3 Å². The lowest BCUT2D eigenvalue weighted by Crippen LogP contribution is -2.40. The molecule has 3 heterocycles. The fourth-order valence-electron chi connectivity index (χ4n) is 6.53. The Kier molecular flexibility index (Phi) is 5.43. The second-order valence-electron chi connectivity index (χ2n) is 11.7. The number of carbonyl (C=O) groups excluding carboxylic acids is 1. The number of hydrogen-bond acceptors (Lipinski definition) is 5. The molecule has 1 saturated heterocycles. The fraction of sp³-hybridized carbons (Fsp3) is 0.552. The minimum Gasteiger partial charge on any atom is -0.618 e. The third-order valence-corrected chi connectivity index (χ3v) is 9.07. The van der Waals surface area contributed by atoms with Gasteiger partial charge in [-0.2, -0.15) is 9.83 Å². The van der Waals surface area contributed by atoms with Crippen molar-refractivity contribution in [3.8, 4) is 0 Å². The van der Waals surface area contributed by atoms with Crippen molar-refractivity contribution in [3.05, 3.63) is 53.1 Å². The number of anilines is 2. The van der Waals surface area contributed by atoms with Crippen LogP contribution in [-0.4, -0.2) is 39.5 Å². The van der Waals surface area contributed by atoms with Crippen molar-refractivity contribution in [1.82, 2.24) is 9.78 Å². The van der Waals surface area contributed by atoms with Crippen LogP contribution < -0.4 is 14.9 Å². The Morgan fingerprint density at radius 3 is 2.54 bits per heavy atom. The predicted molar refractivity (Wildman–Crippen MR) is 142 cm³/mol. The van der Waals surface area contributed by atoms with Gasteiger partial charge < -0.3 is 20.5 Å². The van der Waals surface area contributed by atoms with Crippen LogP contribution in [0.2, 0.25) is 0 Å². The maximum atomic E-state index is 13.3. The van der Waals surface area contributed by atoms with Crippen LogP contribution in [0.15, 0.2) is 36.5 Å². The number of carbonyl (C=O) groups is 1. The Morgan fingerprint density at radius 2 is 1.84 bits per heavy atom. The minimum atomic E-state index is -0.474. The van der Waals surface area contributed by atoms with Gasteiger partial charge >= 0.3 is 5.91 Å². The Labute approximate surface area is 216 Å². The van der Waals surface area contributed by atoms with E-state index in [1.54, 1.807) is 12.1 Å². The molecule has 1 aliphatic heterocycles. The highest BCUT2D eigenvalue weighted by Gasteiger charge is 2.46. The molecule has 3 aliphatic carbocycles. The molecule has 4 aliphatic rings. The highest BCUT2D eigenvalue weighted by atomic mass is 16.5. The SMILES string of the molecule is O=C(Nc1cc2cn(C3CCC(O)(C4CC4)CC3)nc2cc1N1CCCC1)c1cccc(C2CC2)[n+]1[O-]. The van der Waals surface area contributed by atoms with Gasteiger partial charge in [0.2, 0.25) is 0 Å². The van der Waals surface area contributed by atoms with Crippen LogP contribution >= 0.6 is 0 Å². The topological polar surface area (TPSA) is 97.3 Å². The summed E-state index contributed by atoms with van der Waals surface area (Å²) in [6.45, 7) is 1.88. The third-order valence-electron chi connectivity index (χ3n) is 9.07. The van der Waals surface area contributed by atoms with Crippen LogP contribution in [0.3, 0.4) is 0 Å². The van der Waals surface area contributed by atoms with Crippen LogP contribution in [-0.2, 0) is 0 Å². The molecule has 3 saturated carbocycles. The number of nitrogens with zero attached hydrogens (tertiary/aromatic N) is 4. The van der Waals surface area contributed by atoms with Crippen molar-refractivity contribution in [1.29, 1.82) is 0 Å². The lowest BCUT2D eigenvalue weighted by atomic mass is 9.79. The Hall–Kier alpha value is -3.13. The molecule has 0 unspecified atom stereocenters. The molecule has 4 fully saturated rings. The molecule has 0 bridgehead atoms. The average molecular weight is 502 g/mol. The van der Waals surface area contributed by atoms with Crippen LogP contribution in [0.1, 0.15) is 92.4 Å². The molecule has 0 radical (unpaired) electrons. The first kappa shape index (κ1) is 23.0. The minimum absolute atomic E-state index is 0.137. The van der Waals surface area contributed by atoms with E-state index in [2.05, 4.69) is 27.2 Å². The smallest absolute Gasteiger partial charge is 0.321 e. The van der Waals surface area contributed by atoms with Gasteiger partial charge in [-0.25, -0.2) is 0 Å². The third kappa shape index (κ3) is 4.25. The number of hydrogen-bond donors (Lipinski definition) is 2. The van der Waals surface area contributed by atoms with E-state index in [4.69, 9.17) is 5.10 Å². The van der Waals surface area contributed by atoms with Gasteiger partial charge in [0.1, 0.15) is 0 Å². The summed E-state index contributed by atoms with van der Waals surface area (Å²) in [6, 6.07) is 9.61. The molecule has 0 atom stereocenters. The van der Waals surface area contributed by atoms with E-state index in [0.717, 1.165) is 104 Å². The first-order chi connectivity index (χ1) is 18.0. The van der Waals surface area contributed by atoms with Crippen molar-refractivity contribution < 1.29 is 14.6 Å². The summed E-state index contributed by atoms with van der Waals surface area (Å²) in [6.07, 6.45) is 12.2. The number of nitrogens with one attached hydrogen (secondary N) is 1. The number of amides is 1. The van der Waals surface area contributed by atoms with Gasteiger partial charge in [0, 0.05) is 42.7 Å². The number of aromatic nitrogens is 3. The standard InChI is InChI=1S/C29H35N5O3/c35-28(26-5-3-4-25(34(26)37)19-6-7-19)30-24-16-20-18-33(22-10-12-29(36,13-11-22)21-8-9-21)31-23(20)17-27(24)32-14-1-2-15-32/h3-5,16-19,21-22,36H,1-2,6-15H2,(H,30,35). The Morgan fingerprint density at radius 1 is 1.08 bits per heavy atom. The summed E-state index contributed by atoms with van der Waals surface area (Å²) in [5.74, 6) is 0.390. The maximum absolute atomic E-state index is 13.3. The molecule has 8 heteroatoms. The molecule has 7 rings (SSSR count). The van der Waals surface area contributed by atoms with Crippen LogP contribution in [0.4, 0.5) is 11.4 Å². The van der Waals surface area contributed by atoms with E-state index < -0.39 is 5.60 Å². The molecular weight excluding hydrogens is 466 g/mol. The van der Waals surface area contributed by atoms with Crippen molar-refractivity contribution in [3.63, 3.8) is 0 Å². The molecule has 37 heavy (non-hydrogen) atoms. The zero-order valence-corrected chi connectivity index (χ0v) is 21.2. The molecule has 3 aromatic rings. The van der Waals surface area contributed by atoms with Crippen molar-refractivity contribution in [2.24, 2.45) is 5.92 Å². The van der Waals surface area contributed by atoms with Crippen LogP contribution in [0.5, 0.6) is 0 Å². The fourth-order valence-corrected chi connectivity index (χ4v) is 6.53. The maximum Gasteiger partial charge on any atom is 0.321 e. The first-order valence-electron chi connectivity index (χ1n) is 14.0. The lowest BCUT2D eigenvalue weighted by Gasteiger charge is -2.36. The van der Waals surface area contributed by atoms with Crippen LogP contribution in [0, 0.1) is 11.1 Å². The molecule has 8 nitrogen and oxygen atoms in total. The molecule has 2 aromatic heterocycles. The number of benzene rings is 1. The Balaban J connectivity index is 1.18. The molecule has 194 valence electrons. The summed E-state index contributed by atoms with van der Waals surface area (Å²) in [5, 5.41) is 32.9. The normalized spacial score (nSPS) is 26.1. The second-order valence-corrected chi connectivity index (χ2v) is 11.7. The van der Waals surface area contributed by atoms with E-state index >= 15 is 0 Å².